The molecule has 3 aliphatic heterocycles. The summed E-state index contributed by atoms with van der Waals surface area (Å²) in [5, 5.41) is 6.59. The van der Waals surface area contributed by atoms with Crippen molar-refractivity contribution in [3.8, 4) is 0 Å². The molecule has 1 aromatic carbocycles. The van der Waals surface area contributed by atoms with E-state index in [2.05, 4.69) is 20.5 Å². The highest BCUT2D eigenvalue weighted by molar-refractivity contribution is 6.37. The van der Waals surface area contributed by atoms with Crippen molar-refractivity contribution < 1.29 is 18.7 Å². The van der Waals surface area contributed by atoms with Gasteiger partial charge in [-0.25, -0.2) is 9.37 Å². The Balaban J connectivity index is 1.46. The number of ether oxygens (including phenoxy) is 2. The van der Waals surface area contributed by atoms with Crippen molar-refractivity contribution in [2.75, 3.05) is 50.0 Å². The van der Waals surface area contributed by atoms with Crippen molar-refractivity contribution in [2.24, 2.45) is 0 Å². The van der Waals surface area contributed by atoms with Crippen LogP contribution in [0.1, 0.15) is 36.1 Å². The zero-order valence-corrected chi connectivity index (χ0v) is 18.5. The molecular formula is C23H24ClFN4O3. The van der Waals surface area contributed by atoms with Crippen LogP contribution in [0.2, 0.25) is 5.02 Å². The van der Waals surface area contributed by atoms with E-state index in [1.165, 1.54) is 12.1 Å². The number of morpholine rings is 1. The molecule has 1 amide bonds. The molecular weight excluding hydrogens is 435 g/mol. The fraction of sp³-hybridized carbons (Fsp3) is 0.391. The van der Waals surface area contributed by atoms with Crippen LogP contribution in [0.5, 0.6) is 0 Å². The Kier molecular flexibility index (Phi) is 5.75. The molecule has 1 saturated heterocycles. The van der Waals surface area contributed by atoms with Gasteiger partial charge < -0.3 is 20.1 Å². The van der Waals surface area contributed by atoms with Crippen molar-refractivity contribution in [1.29, 1.82) is 0 Å². The number of hydrogen-bond acceptors (Lipinski definition) is 6. The van der Waals surface area contributed by atoms with Crippen LogP contribution in [0.3, 0.4) is 0 Å². The minimum absolute atomic E-state index is 0.308. The maximum absolute atomic E-state index is 13.9. The monoisotopic (exact) mass is 458 g/mol. The standard InChI is InChI=1S/C23H24ClFN4O3/c1-2-17-18-15(12-27-22(20(18)24)26-5-6-29-7-9-31-10-8-29)21(32-17)19-14-11-13(25)3-4-16(14)28-23(19)30/h3-4,11-12,17H,2,5-10H2,1H3,(H,26,27)(H,28,30). The second-order valence-electron chi connectivity index (χ2n) is 7.99. The number of anilines is 2. The third-order valence-corrected chi connectivity index (χ3v) is 6.41. The Bertz CT molecular complexity index is 1100. The summed E-state index contributed by atoms with van der Waals surface area (Å²) >= 11 is 6.76. The van der Waals surface area contributed by atoms with E-state index in [-0.39, 0.29) is 12.0 Å². The Morgan fingerprint density at radius 1 is 1.31 bits per heavy atom. The number of halogens is 2. The molecule has 7 nitrogen and oxygen atoms in total. The Hall–Kier alpha value is -2.68. The topological polar surface area (TPSA) is 75.7 Å². The molecule has 0 saturated carbocycles. The van der Waals surface area contributed by atoms with E-state index in [9.17, 15) is 9.18 Å². The van der Waals surface area contributed by atoms with Crippen molar-refractivity contribution in [1.82, 2.24) is 9.88 Å². The van der Waals surface area contributed by atoms with E-state index in [0.717, 1.165) is 38.4 Å². The number of carbonyl (C=O) groups excluding carboxylic acids is 1. The smallest absolute Gasteiger partial charge is 0.260 e. The lowest BCUT2D eigenvalue weighted by atomic mass is 9.99. The molecule has 0 radical (unpaired) electrons. The normalized spacial score (nSPS) is 22.3. The van der Waals surface area contributed by atoms with Gasteiger partial charge in [0.2, 0.25) is 0 Å². The highest BCUT2D eigenvalue weighted by Gasteiger charge is 2.38. The first-order valence-corrected chi connectivity index (χ1v) is 11.2. The Morgan fingerprint density at radius 3 is 2.91 bits per heavy atom. The molecule has 0 bridgehead atoms. The molecule has 3 aliphatic rings. The SMILES string of the molecule is CCC1OC(=C2C(=O)Nc3ccc(F)cc32)c2cnc(NCCN3CCOCC3)c(Cl)c21. The van der Waals surface area contributed by atoms with Gasteiger partial charge in [0, 0.05) is 54.8 Å². The average molecular weight is 459 g/mol. The van der Waals surface area contributed by atoms with Gasteiger partial charge >= 0.3 is 0 Å². The molecule has 2 aromatic rings. The molecule has 4 heterocycles. The quantitative estimate of drug-likeness (QED) is 0.661. The summed E-state index contributed by atoms with van der Waals surface area (Å²) in [5.74, 6) is 0.240. The summed E-state index contributed by atoms with van der Waals surface area (Å²) < 4.78 is 25.5. The predicted molar refractivity (Wildman–Crippen MR) is 121 cm³/mol. The van der Waals surface area contributed by atoms with E-state index in [4.69, 9.17) is 21.1 Å². The van der Waals surface area contributed by atoms with Gasteiger partial charge in [0.25, 0.3) is 5.91 Å². The number of nitrogens with one attached hydrogen (secondary N) is 2. The van der Waals surface area contributed by atoms with Crippen LogP contribution in [0.4, 0.5) is 15.9 Å². The Labute approximate surface area is 190 Å². The summed E-state index contributed by atoms with van der Waals surface area (Å²) in [7, 11) is 0. The number of benzene rings is 1. The van der Waals surface area contributed by atoms with Crippen molar-refractivity contribution in [3.05, 3.63) is 51.9 Å². The van der Waals surface area contributed by atoms with E-state index in [1.807, 2.05) is 6.92 Å². The van der Waals surface area contributed by atoms with Crippen molar-refractivity contribution in [2.45, 2.75) is 19.4 Å². The Morgan fingerprint density at radius 2 is 2.12 bits per heavy atom. The minimum atomic E-state index is -0.417. The molecule has 0 spiro atoms. The average Bonchev–Trinajstić information content (AvgIpc) is 3.32. The van der Waals surface area contributed by atoms with Gasteiger partial charge in [0.05, 0.1) is 23.8 Å². The fourth-order valence-electron chi connectivity index (χ4n) is 4.39. The number of pyridine rings is 1. The van der Waals surface area contributed by atoms with Crippen LogP contribution in [0.25, 0.3) is 11.3 Å². The molecule has 0 aliphatic carbocycles. The first-order chi connectivity index (χ1) is 15.6. The van der Waals surface area contributed by atoms with Crippen LogP contribution in [-0.4, -0.2) is 55.2 Å². The van der Waals surface area contributed by atoms with Crippen LogP contribution >= 0.6 is 11.6 Å². The summed E-state index contributed by atoms with van der Waals surface area (Å²) in [5.41, 5.74) is 2.82. The zero-order valence-electron chi connectivity index (χ0n) is 17.7. The molecule has 1 unspecified atom stereocenters. The van der Waals surface area contributed by atoms with Gasteiger partial charge in [-0.2, -0.15) is 0 Å². The fourth-order valence-corrected chi connectivity index (χ4v) is 4.73. The molecule has 2 N–H and O–H groups in total. The third kappa shape index (κ3) is 3.72. The van der Waals surface area contributed by atoms with Gasteiger partial charge in [0.1, 0.15) is 23.5 Å². The molecule has 32 heavy (non-hydrogen) atoms. The molecule has 5 rings (SSSR count). The van der Waals surface area contributed by atoms with Gasteiger partial charge in [-0.05, 0) is 24.6 Å². The minimum Gasteiger partial charge on any atom is -0.484 e. The van der Waals surface area contributed by atoms with Crippen molar-refractivity contribution >= 4 is 40.3 Å². The predicted octanol–water partition coefficient (Wildman–Crippen LogP) is 3.92. The summed E-state index contributed by atoms with van der Waals surface area (Å²) in [4.78, 5) is 19.6. The lowest BCUT2D eigenvalue weighted by Gasteiger charge is -2.26. The lowest BCUT2D eigenvalue weighted by molar-refractivity contribution is -0.110. The number of nitrogens with zero attached hydrogens (tertiary/aromatic N) is 2. The zero-order chi connectivity index (χ0) is 22.2. The summed E-state index contributed by atoms with van der Waals surface area (Å²) in [6.07, 6.45) is 2.03. The number of rotatable bonds is 5. The molecule has 9 heteroatoms. The summed E-state index contributed by atoms with van der Waals surface area (Å²) in [6, 6.07) is 4.21. The molecule has 1 aromatic heterocycles. The number of fused-ring (bicyclic) bond motifs is 2. The molecule has 1 atom stereocenters. The third-order valence-electron chi connectivity index (χ3n) is 6.03. The number of amides is 1. The van der Waals surface area contributed by atoms with E-state index in [1.54, 1.807) is 12.3 Å². The first kappa shape index (κ1) is 21.2. The van der Waals surface area contributed by atoms with Crippen LogP contribution in [-0.2, 0) is 14.3 Å². The number of hydrogen-bond donors (Lipinski definition) is 2. The maximum Gasteiger partial charge on any atom is 0.260 e. The first-order valence-electron chi connectivity index (χ1n) is 10.8. The van der Waals surface area contributed by atoms with E-state index < -0.39 is 5.82 Å². The van der Waals surface area contributed by atoms with Gasteiger partial charge in [-0.3, -0.25) is 9.69 Å². The van der Waals surface area contributed by atoms with Crippen molar-refractivity contribution in [3.63, 3.8) is 0 Å². The maximum atomic E-state index is 13.9. The summed E-state index contributed by atoms with van der Waals surface area (Å²) in [6.45, 7) is 6.90. The van der Waals surface area contributed by atoms with E-state index in [0.29, 0.717) is 52.0 Å². The van der Waals surface area contributed by atoms with Gasteiger partial charge in [0.15, 0.2) is 0 Å². The second-order valence-corrected chi connectivity index (χ2v) is 8.37. The van der Waals surface area contributed by atoms with Crippen LogP contribution < -0.4 is 10.6 Å². The number of aromatic nitrogens is 1. The lowest BCUT2D eigenvalue weighted by Crippen LogP contribution is -2.39. The van der Waals surface area contributed by atoms with Gasteiger partial charge in [-0.1, -0.05) is 18.5 Å². The van der Waals surface area contributed by atoms with Crippen LogP contribution in [0.15, 0.2) is 24.4 Å². The second kappa shape index (κ2) is 8.69. The van der Waals surface area contributed by atoms with Gasteiger partial charge in [-0.15, -0.1) is 0 Å². The largest absolute Gasteiger partial charge is 0.484 e. The highest BCUT2D eigenvalue weighted by Crippen LogP contribution is 2.49. The van der Waals surface area contributed by atoms with E-state index >= 15 is 0 Å². The van der Waals surface area contributed by atoms with Crippen LogP contribution in [0, 0.1) is 5.82 Å². The molecule has 168 valence electrons. The molecule has 1 fully saturated rings. The number of carbonyl (C=O) groups is 1. The highest BCUT2D eigenvalue weighted by atomic mass is 35.5.